The number of rotatable bonds is 2. The quantitative estimate of drug-likeness (QED) is 0.849. The van der Waals surface area contributed by atoms with Gasteiger partial charge in [0.05, 0.1) is 5.56 Å². The highest BCUT2D eigenvalue weighted by Gasteiger charge is 2.24. The first kappa shape index (κ1) is 13.9. The minimum Gasteiger partial charge on any atom is -0.507 e. The van der Waals surface area contributed by atoms with Gasteiger partial charge in [0.25, 0.3) is 0 Å². The van der Waals surface area contributed by atoms with E-state index >= 15 is 0 Å². The van der Waals surface area contributed by atoms with E-state index in [9.17, 15) is 15.0 Å². The Morgan fingerprint density at radius 2 is 1.65 bits per heavy atom. The van der Waals surface area contributed by atoms with E-state index in [0.29, 0.717) is 16.7 Å². The zero-order valence-corrected chi connectivity index (χ0v) is 11.6. The van der Waals surface area contributed by atoms with Gasteiger partial charge >= 0.3 is 0 Å². The van der Waals surface area contributed by atoms with Crippen LogP contribution in [0.2, 0.25) is 0 Å². The van der Waals surface area contributed by atoms with Crippen molar-refractivity contribution in [1.29, 1.82) is 0 Å². The van der Waals surface area contributed by atoms with Crippen LogP contribution in [0.15, 0.2) is 0 Å². The summed E-state index contributed by atoms with van der Waals surface area (Å²) in [6, 6.07) is 0. The van der Waals surface area contributed by atoms with Crippen molar-refractivity contribution >= 4 is 16.9 Å². The lowest BCUT2D eigenvalue weighted by molar-refractivity contribution is 0.108. The summed E-state index contributed by atoms with van der Waals surface area (Å²) in [6.07, 6.45) is 1.68. The summed E-state index contributed by atoms with van der Waals surface area (Å²) in [5.41, 5.74) is 2.10. The molecule has 1 aromatic carbocycles. The van der Waals surface area contributed by atoms with Crippen molar-refractivity contribution in [3.63, 3.8) is 0 Å². The molecule has 2 N–H and O–H groups in total. The Bertz CT molecular complexity index is 464. The van der Waals surface area contributed by atoms with Crippen molar-refractivity contribution in [2.45, 2.75) is 33.6 Å². The van der Waals surface area contributed by atoms with Crippen LogP contribution in [0.4, 0.5) is 0 Å². The fourth-order valence-corrected chi connectivity index (χ4v) is 2.46. The number of hydrogen-bond donors (Lipinski definition) is 2. The zero-order valence-electron chi connectivity index (χ0n) is 10.8. The molecule has 0 unspecified atom stereocenters. The van der Waals surface area contributed by atoms with E-state index in [1.165, 1.54) is 0 Å². The molecule has 0 bridgehead atoms. The molecular weight excluding hydrogens is 236 g/mol. The molecule has 0 amide bonds. The van der Waals surface area contributed by atoms with Gasteiger partial charge in [-0.2, -0.15) is 0 Å². The van der Waals surface area contributed by atoms with Crippen molar-refractivity contribution in [3.8, 4) is 11.5 Å². The van der Waals surface area contributed by atoms with Crippen LogP contribution < -0.4 is 0 Å². The number of thioether (sulfide) groups is 1. The number of hydrogen-bond acceptors (Lipinski definition) is 4. The Labute approximate surface area is 106 Å². The topological polar surface area (TPSA) is 57.5 Å². The number of phenols is 2. The van der Waals surface area contributed by atoms with Crippen LogP contribution >= 0.6 is 11.8 Å². The Balaban J connectivity index is 3.72. The van der Waals surface area contributed by atoms with Crippen LogP contribution in [0, 0.1) is 13.8 Å². The lowest BCUT2D eigenvalue weighted by Crippen LogP contribution is -2.06. The van der Waals surface area contributed by atoms with E-state index in [4.69, 9.17) is 0 Å². The summed E-state index contributed by atoms with van der Waals surface area (Å²) >= 11 is 1.07. The molecule has 0 spiro atoms. The molecule has 1 rings (SSSR count). The number of carbonyl (C=O) groups excluding carboxylic acids is 1. The largest absolute Gasteiger partial charge is 0.507 e. The highest BCUT2D eigenvalue weighted by molar-refractivity contribution is 8.13. The normalized spacial score (nSPS) is 10.9. The monoisotopic (exact) mass is 254 g/mol. The predicted octanol–water partition coefficient (Wildman–Crippen LogP) is 3.34. The van der Waals surface area contributed by atoms with E-state index < -0.39 is 0 Å². The molecule has 94 valence electrons. The van der Waals surface area contributed by atoms with Gasteiger partial charge in [-0.05, 0) is 37.1 Å². The minimum absolute atomic E-state index is 0.0681. The molecule has 0 radical (unpaired) electrons. The van der Waals surface area contributed by atoms with E-state index in [-0.39, 0.29) is 22.5 Å². The van der Waals surface area contributed by atoms with Gasteiger partial charge in [-0.25, -0.2) is 0 Å². The lowest BCUT2D eigenvalue weighted by atomic mass is 9.89. The third-order valence-electron chi connectivity index (χ3n) is 2.94. The Kier molecular flexibility index (Phi) is 4.09. The van der Waals surface area contributed by atoms with Gasteiger partial charge < -0.3 is 10.2 Å². The molecule has 0 heterocycles. The fourth-order valence-electron chi connectivity index (χ4n) is 2.05. The highest BCUT2D eigenvalue weighted by Crippen LogP contribution is 2.41. The first-order valence-electron chi connectivity index (χ1n) is 5.46. The molecule has 0 saturated heterocycles. The fraction of sp³-hybridized carbons (Fsp3) is 0.462. The third kappa shape index (κ3) is 2.27. The van der Waals surface area contributed by atoms with Crippen LogP contribution in [0.25, 0.3) is 0 Å². The van der Waals surface area contributed by atoms with Crippen LogP contribution in [0.5, 0.6) is 11.5 Å². The second-order valence-electron chi connectivity index (χ2n) is 4.38. The van der Waals surface area contributed by atoms with Gasteiger partial charge in [0.1, 0.15) is 11.5 Å². The lowest BCUT2D eigenvalue weighted by Gasteiger charge is -2.19. The first-order chi connectivity index (χ1) is 7.82. The molecule has 0 saturated carbocycles. The highest BCUT2D eigenvalue weighted by atomic mass is 32.2. The summed E-state index contributed by atoms with van der Waals surface area (Å²) in [4.78, 5) is 11.9. The number of carbonyl (C=O) groups is 1. The molecule has 3 nitrogen and oxygen atoms in total. The predicted molar refractivity (Wildman–Crippen MR) is 71.2 cm³/mol. The SMILES string of the molecule is CSC(=O)c1c(O)c(C)c(O)c(C)c1C(C)C. The standard InChI is InChI=1S/C13H18O3S/c1-6(2)9-7(3)11(14)8(4)12(15)10(9)13(16)17-5/h6,14-15H,1-5H3. The van der Waals surface area contributed by atoms with Crippen molar-refractivity contribution in [2.75, 3.05) is 6.26 Å². The van der Waals surface area contributed by atoms with Crippen LogP contribution in [0.3, 0.4) is 0 Å². The summed E-state index contributed by atoms with van der Waals surface area (Å²) in [6.45, 7) is 7.26. The van der Waals surface area contributed by atoms with Gasteiger partial charge in [0.2, 0.25) is 5.12 Å². The van der Waals surface area contributed by atoms with E-state index in [0.717, 1.165) is 17.3 Å². The van der Waals surface area contributed by atoms with Gasteiger partial charge in [0, 0.05) is 5.56 Å². The van der Waals surface area contributed by atoms with Gasteiger partial charge in [0.15, 0.2) is 0 Å². The number of phenolic OH excluding ortho intramolecular Hbond substituents is 2. The first-order valence-corrected chi connectivity index (χ1v) is 6.68. The molecule has 0 atom stereocenters. The summed E-state index contributed by atoms with van der Waals surface area (Å²) in [5, 5.41) is 19.8. The molecule has 0 aliphatic rings. The Hall–Kier alpha value is -1.16. The molecule has 1 aromatic rings. The van der Waals surface area contributed by atoms with Gasteiger partial charge in [-0.1, -0.05) is 25.6 Å². The average Bonchev–Trinajstić information content (AvgIpc) is 2.29. The average molecular weight is 254 g/mol. The minimum atomic E-state index is -0.169. The van der Waals surface area contributed by atoms with Crippen molar-refractivity contribution < 1.29 is 15.0 Å². The summed E-state index contributed by atoms with van der Waals surface area (Å²) in [7, 11) is 0. The van der Waals surface area contributed by atoms with Gasteiger partial charge in [-0.15, -0.1) is 0 Å². The van der Waals surface area contributed by atoms with E-state index in [1.807, 2.05) is 13.8 Å². The van der Waals surface area contributed by atoms with Crippen molar-refractivity contribution in [1.82, 2.24) is 0 Å². The Morgan fingerprint density at radius 1 is 1.12 bits per heavy atom. The Morgan fingerprint density at radius 3 is 2.06 bits per heavy atom. The maximum absolute atomic E-state index is 11.9. The molecule has 4 heteroatoms. The van der Waals surface area contributed by atoms with Crippen LogP contribution in [-0.4, -0.2) is 21.6 Å². The maximum Gasteiger partial charge on any atom is 0.223 e. The van der Waals surface area contributed by atoms with E-state index in [2.05, 4.69) is 0 Å². The third-order valence-corrected chi connectivity index (χ3v) is 3.52. The van der Waals surface area contributed by atoms with Gasteiger partial charge in [-0.3, -0.25) is 4.79 Å². The molecule has 0 aliphatic heterocycles. The zero-order chi connectivity index (χ0) is 13.3. The number of benzene rings is 1. The maximum atomic E-state index is 11.9. The molecule has 0 fully saturated rings. The van der Waals surface area contributed by atoms with Crippen molar-refractivity contribution in [3.05, 3.63) is 22.3 Å². The second-order valence-corrected chi connectivity index (χ2v) is 5.16. The van der Waals surface area contributed by atoms with Crippen LogP contribution in [0.1, 0.15) is 46.8 Å². The molecule has 17 heavy (non-hydrogen) atoms. The molecule has 0 aliphatic carbocycles. The summed E-state index contributed by atoms with van der Waals surface area (Å²) < 4.78 is 0. The molecular formula is C13H18O3S. The second kappa shape index (κ2) is 5.00. The van der Waals surface area contributed by atoms with Crippen molar-refractivity contribution in [2.24, 2.45) is 0 Å². The number of aromatic hydroxyl groups is 2. The molecule has 0 aromatic heterocycles. The smallest absolute Gasteiger partial charge is 0.223 e. The van der Waals surface area contributed by atoms with Crippen LogP contribution in [-0.2, 0) is 0 Å². The summed E-state index contributed by atoms with van der Waals surface area (Å²) in [5.74, 6) is 0.0403. The van der Waals surface area contributed by atoms with E-state index in [1.54, 1.807) is 20.1 Å².